The SMILES string of the molecule is CNC(=O)OC1CC(I)C1. The van der Waals surface area contributed by atoms with Gasteiger partial charge in [-0.3, -0.25) is 0 Å². The second kappa shape index (κ2) is 3.41. The minimum Gasteiger partial charge on any atom is -0.446 e. The molecule has 0 aromatic heterocycles. The summed E-state index contributed by atoms with van der Waals surface area (Å²) in [5.74, 6) is 0. The second-order valence-corrected chi connectivity index (χ2v) is 4.11. The molecular formula is C6H10INO2. The van der Waals surface area contributed by atoms with Gasteiger partial charge in [0.1, 0.15) is 6.10 Å². The van der Waals surface area contributed by atoms with Crippen molar-refractivity contribution in [1.82, 2.24) is 5.32 Å². The van der Waals surface area contributed by atoms with E-state index in [9.17, 15) is 4.79 Å². The summed E-state index contributed by atoms with van der Waals surface area (Å²) in [7, 11) is 1.57. The number of ether oxygens (including phenoxy) is 1. The van der Waals surface area contributed by atoms with Gasteiger partial charge in [-0.15, -0.1) is 0 Å². The molecule has 0 saturated heterocycles. The number of hydrogen-bond acceptors (Lipinski definition) is 2. The summed E-state index contributed by atoms with van der Waals surface area (Å²) >= 11 is 2.36. The van der Waals surface area contributed by atoms with Crippen molar-refractivity contribution in [2.75, 3.05) is 7.05 Å². The van der Waals surface area contributed by atoms with Gasteiger partial charge in [0.25, 0.3) is 0 Å². The Morgan fingerprint density at radius 3 is 2.70 bits per heavy atom. The lowest BCUT2D eigenvalue weighted by atomic mass is 9.96. The molecule has 1 amide bonds. The van der Waals surface area contributed by atoms with Gasteiger partial charge >= 0.3 is 6.09 Å². The molecule has 58 valence electrons. The lowest BCUT2D eigenvalue weighted by Gasteiger charge is -2.30. The molecule has 1 aliphatic rings. The second-order valence-electron chi connectivity index (χ2n) is 2.35. The van der Waals surface area contributed by atoms with Crippen molar-refractivity contribution in [3.8, 4) is 0 Å². The highest BCUT2D eigenvalue weighted by Gasteiger charge is 2.29. The molecule has 10 heavy (non-hydrogen) atoms. The Bertz CT molecular complexity index is 134. The first-order valence-electron chi connectivity index (χ1n) is 3.25. The smallest absolute Gasteiger partial charge is 0.407 e. The predicted octanol–water partition coefficient (Wildman–Crippen LogP) is 1.31. The first kappa shape index (κ1) is 8.10. The predicted molar refractivity (Wildman–Crippen MR) is 46.4 cm³/mol. The summed E-state index contributed by atoms with van der Waals surface area (Å²) in [4.78, 5) is 10.6. The van der Waals surface area contributed by atoms with Crippen LogP contribution in [-0.2, 0) is 4.74 Å². The fourth-order valence-corrected chi connectivity index (χ4v) is 1.94. The van der Waals surface area contributed by atoms with Crippen LogP contribution in [0.3, 0.4) is 0 Å². The molecule has 0 spiro atoms. The van der Waals surface area contributed by atoms with Crippen LogP contribution in [0.15, 0.2) is 0 Å². The van der Waals surface area contributed by atoms with E-state index in [1.165, 1.54) is 0 Å². The highest BCUT2D eigenvalue weighted by Crippen LogP contribution is 2.29. The molecular weight excluding hydrogens is 245 g/mol. The maximum Gasteiger partial charge on any atom is 0.407 e. The first-order chi connectivity index (χ1) is 4.72. The molecule has 3 nitrogen and oxygen atoms in total. The van der Waals surface area contributed by atoms with Gasteiger partial charge in [0.05, 0.1) is 0 Å². The molecule has 0 bridgehead atoms. The fourth-order valence-electron chi connectivity index (χ4n) is 0.808. The van der Waals surface area contributed by atoms with Crippen molar-refractivity contribution < 1.29 is 9.53 Å². The highest BCUT2D eigenvalue weighted by molar-refractivity contribution is 14.1. The van der Waals surface area contributed by atoms with Gasteiger partial charge in [-0.1, -0.05) is 22.6 Å². The monoisotopic (exact) mass is 255 g/mol. The van der Waals surface area contributed by atoms with Crippen LogP contribution >= 0.6 is 22.6 Å². The molecule has 1 rings (SSSR count). The summed E-state index contributed by atoms with van der Waals surface area (Å²) in [6, 6.07) is 0. The van der Waals surface area contributed by atoms with E-state index in [2.05, 4.69) is 27.9 Å². The molecule has 0 aromatic carbocycles. The largest absolute Gasteiger partial charge is 0.446 e. The van der Waals surface area contributed by atoms with E-state index in [0.29, 0.717) is 3.92 Å². The summed E-state index contributed by atoms with van der Waals surface area (Å²) in [5, 5.41) is 2.42. The number of carbonyl (C=O) groups excluding carboxylic acids is 1. The topological polar surface area (TPSA) is 38.3 Å². The third kappa shape index (κ3) is 2.00. The molecule has 1 fully saturated rings. The number of carbonyl (C=O) groups is 1. The Hall–Kier alpha value is 0. The molecule has 0 heterocycles. The van der Waals surface area contributed by atoms with Crippen molar-refractivity contribution in [1.29, 1.82) is 0 Å². The molecule has 1 N–H and O–H groups in total. The Balaban J connectivity index is 2.10. The van der Waals surface area contributed by atoms with Crippen molar-refractivity contribution in [3.05, 3.63) is 0 Å². The lowest BCUT2D eigenvalue weighted by Crippen LogP contribution is -2.36. The van der Waals surface area contributed by atoms with E-state index < -0.39 is 0 Å². The summed E-state index contributed by atoms with van der Waals surface area (Å²) in [6.45, 7) is 0. The Morgan fingerprint density at radius 1 is 1.70 bits per heavy atom. The Morgan fingerprint density at radius 2 is 2.30 bits per heavy atom. The normalized spacial score (nSPS) is 30.6. The molecule has 1 saturated carbocycles. The number of rotatable bonds is 1. The van der Waals surface area contributed by atoms with Crippen LogP contribution in [0.2, 0.25) is 0 Å². The van der Waals surface area contributed by atoms with Crippen LogP contribution < -0.4 is 5.32 Å². The molecule has 0 atom stereocenters. The van der Waals surface area contributed by atoms with Crippen molar-refractivity contribution in [2.45, 2.75) is 22.9 Å². The van der Waals surface area contributed by atoms with Crippen molar-refractivity contribution in [2.24, 2.45) is 0 Å². The van der Waals surface area contributed by atoms with Gasteiger partial charge in [-0.25, -0.2) is 4.79 Å². The average molecular weight is 255 g/mol. The van der Waals surface area contributed by atoms with E-state index in [0.717, 1.165) is 12.8 Å². The van der Waals surface area contributed by atoms with Gasteiger partial charge in [0, 0.05) is 11.0 Å². The number of hydrogen-bond donors (Lipinski definition) is 1. The minimum atomic E-state index is -0.312. The van der Waals surface area contributed by atoms with Gasteiger partial charge in [0.2, 0.25) is 0 Å². The fraction of sp³-hybridized carbons (Fsp3) is 0.833. The zero-order valence-electron chi connectivity index (χ0n) is 5.76. The number of alkyl carbamates (subject to hydrolysis) is 1. The van der Waals surface area contributed by atoms with Crippen molar-refractivity contribution in [3.63, 3.8) is 0 Å². The van der Waals surface area contributed by atoms with Gasteiger partial charge in [-0.2, -0.15) is 0 Å². The number of amides is 1. The molecule has 0 aliphatic heterocycles. The van der Waals surface area contributed by atoms with E-state index in [1.54, 1.807) is 7.05 Å². The highest BCUT2D eigenvalue weighted by atomic mass is 127. The zero-order valence-corrected chi connectivity index (χ0v) is 7.92. The zero-order chi connectivity index (χ0) is 7.56. The lowest BCUT2D eigenvalue weighted by molar-refractivity contribution is 0.0602. The van der Waals surface area contributed by atoms with Gasteiger partial charge < -0.3 is 10.1 Å². The number of alkyl halides is 1. The van der Waals surface area contributed by atoms with Crippen LogP contribution in [-0.4, -0.2) is 23.2 Å². The van der Waals surface area contributed by atoms with Crippen LogP contribution in [0.25, 0.3) is 0 Å². The standard InChI is InChI=1S/C6H10INO2/c1-8-6(9)10-5-2-4(7)3-5/h4-5H,2-3H2,1H3,(H,8,9). The van der Waals surface area contributed by atoms with Gasteiger partial charge in [-0.05, 0) is 12.8 Å². The summed E-state index contributed by atoms with van der Waals surface area (Å²) in [5.41, 5.74) is 0. The third-order valence-corrected chi connectivity index (χ3v) is 2.53. The number of nitrogens with one attached hydrogen (secondary N) is 1. The van der Waals surface area contributed by atoms with E-state index >= 15 is 0 Å². The van der Waals surface area contributed by atoms with E-state index in [1.807, 2.05) is 0 Å². The van der Waals surface area contributed by atoms with E-state index in [4.69, 9.17) is 4.74 Å². The van der Waals surface area contributed by atoms with Crippen molar-refractivity contribution >= 4 is 28.7 Å². The molecule has 0 unspecified atom stereocenters. The molecule has 1 aliphatic carbocycles. The Kier molecular flexibility index (Phi) is 2.76. The summed E-state index contributed by atoms with van der Waals surface area (Å²) in [6.07, 6.45) is 1.87. The first-order valence-corrected chi connectivity index (χ1v) is 4.49. The molecule has 0 aromatic rings. The molecule has 4 heteroatoms. The third-order valence-electron chi connectivity index (χ3n) is 1.52. The minimum absolute atomic E-state index is 0.168. The quantitative estimate of drug-likeness (QED) is 0.566. The van der Waals surface area contributed by atoms with Crippen LogP contribution in [0.1, 0.15) is 12.8 Å². The van der Waals surface area contributed by atoms with Crippen LogP contribution in [0.5, 0.6) is 0 Å². The number of halogens is 1. The van der Waals surface area contributed by atoms with Gasteiger partial charge in [0.15, 0.2) is 0 Å². The summed E-state index contributed by atoms with van der Waals surface area (Å²) < 4.78 is 5.65. The maximum atomic E-state index is 10.6. The Labute approximate surface area is 73.6 Å². The van der Waals surface area contributed by atoms with Crippen LogP contribution in [0, 0.1) is 0 Å². The van der Waals surface area contributed by atoms with E-state index in [-0.39, 0.29) is 12.2 Å². The molecule has 0 radical (unpaired) electrons. The average Bonchev–Trinajstić information content (AvgIpc) is 1.84. The van der Waals surface area contributed by atoms with Crippen LogP contribution in [0.4, 0.5) is 4.79 Å². The maximum absolute atomic E-state index is 10.6.